The minimum Gasteiger partial charge on any atom is -0.456 e. The zero-order chi connectivity index (χ0) is 23.9. The van der Waals surface area contributed by atoms with Gasteiger partial charge in [-0.2, -0.15) is 10.1 Å². The van der Waals surface area contributed by atoms with Gasteiger partial charge in [-0.1, -0.05) is 29.8 Å². The normalized spacial score (nSPS) is 24.0. The molecule has 0 aliphatic carbocycles. The molecule has 0 saturated carbocycles. The van der Waals surface area contributed by atoms with Gasteiger partial charge in [0, 0.05) is 12.5 Å². The van der Waals surface area contributed by atoms with Gasteiger partial charge in [0.05, 0.1) is 53.8 Å². The lowest BCUT2D eigenvalue weighted by atomic mass is 10.1. The number of methoxy groups -OCH3 is 1. The Morgan fingerprint density at radius 2 is 1.97 bits per heavy atom. The second-order valence-corrected chi connectivity index (χ2v) is 9.24. The average Bonchev–Trinajstić information content (AvgIpc) is 3.61. The number of aliphatic hydroxyl groups excluding tert-OH is 1. The number of fused-ring (bicyclic) bond motifs is 3. The van der Waals surface area contributed by atoms with Crippen molar-refractivity contribution in [2.24, 2.45) is 0 Å². The molecular formula is C24H26ClN5O5. The van der Waals surface area contributed by atoms with Crippen molar-refractivity contribution in [3.8, 4) is 6.01 Å². The van der Waals surface area contributed by atoms with Crippen molar-refractivity contribution in [1.82, 2.24) is 24.7 Å². The summed E-state index contributed by atoms with van der Waals surface area (Å²) in [6, 6.07) is 10.3. The third-order valence-electron chi connectivity index (χ3n) is 6.56. The van der Waals surface area contributed by atoms with Crippen molar-refractivity contribution in [1.29, 1.82) is 0 Å². The molecular weight excluding hydrogens is 474 g/mol. The maximum Gasteiger partial charge on any atom is 0.296 e. The molecule has 6 rings (SSSR count). The van der Waals surface area contributed by atoms with E-state index < -0.39 is 6.10 Å². The molecule has 35 heavy (non-hydrogen) atoms. The van der Waals surface area contributed by atoms with Crippen LogP contribution < -0.4 is 4.74 Å². The van der Waals surface area contributed by atoms with E-state index in [-0.39, 0.29) is 24.9 Å². The average molecular weight is 500 g/mol. The van der Waals surface area contributed by atoms with E-state index in [9.17, 15) is 5.11 Å². The van der Waals surface area contributed by atoms with E-state index >= 15 is 0 Å². The molecule has 2 saturated heterocycles. The van der Waals surface area contributed by atoms with Crippen LogP contribution in [-0.2, 0) is 33.6 Å². The molecule has 184 valence electrons. The first-order valence-electron chi connectivity index (χ1n) is 11.7. The number of hydrogen-bond acceptors (Lipinski definition) is 8. The van der Waals surface area contributed by atoms with Crippen LogP contribution in [0.1, 0.15) is 11.4 Å². The molecule has 2 fully saturated rings. The van der Waals surface area contributed by atoms with E-state index in [1.807, 2.05) is 22.9 Å². The zero-order valence-corrected chi connectivity index (χ0v) is 19.9. The van der Waals surface area contributed by atoms with Crippen LogP contribution in [-0.4, -0.2) is 81.2 Å². The summed E-state index contributed by atoms with van der Waals surface area (Å²) in [5.74, 6) is 0. The van der Waals surface area contributed by atoms with Crippen molar-refractivity contribution in [2.75, 3.05) is 26.9 Å². The molecule has 4 atom stereocenters. The number of benzene rings is 1. The molecule has 5 heterocycles. The number of nitrogens with one attached hydrogen (secondary N) is 1. The van der Waals surface area contributed by atoms with Gasteiger partial charge in [0.25, 0.3) is 6.01 Å². The van der Waals surface area contributed by atoms with Gasteiger partial charge < -0.3 is 29.0 Å². The highest BCUT2D eigenvalue weighted by Crippen LogP contribution is 2.30. The van der Waals surface area contributed by atoms with Gasteiger partial charge in [0.2, 0.25) is 0 Å². The van der Waals surface area contributed by atoms with Crippen LogP contribution in [0, 0.1) is 0 Å². The number of aromatic nitrogens is 5. The molecule has 0 amide bonds. The number of aliphatic hydroxyl groups is 1. The Balaban J connectivity index is 1.19. The van der Waals surface area contributed by atoms with Crippen LogP contribution in [0.4, 0.5) is 0 Å². The second kappa shape index (κ2) is 9.36. The summed E-state index contributed by atoms with van der Waals surface area (Å²) in [5.41, 5.74) is 4.04. The SMILES string of the molecule is COCCn1nc(CCc2nc3nc(O[C@@H]4CO[C@H]5[C@@H]4OC[C@H]5O)[nH]c3cc2Cl)c2ccccc21. The number of imidazole rings is 1. The van der Waals surface area contributed by atoms with E-state index in [2.05, 4.69) is 27.1 Å². The second-order valence-electron chi connectivity index (χ2n) is 8.83. The summed E-state index contributed by atoms with van der Waals surface area (Å²) in [4.78, 5) is 12.3. The van der Waals surface area contributed by atoms with Gasteiger partial charge in [-0.25, -0.2) is 4.98 Å². The fraction of sp³-hybridized carbons (Fsp3) is 0.458. The van der Waals surface area contributed by atoms with Gasteiger partial charge in [0.1, 0.15) is 18.3 Å². The Kier molecular flexibility index (Phi) is 6.07. The molecule has 2 N–H and O–H groups in total. The van der Waals surface area contributed by atoms with Gasteiger partial charge in [-0.05, 0) is 25.0 Å². The molecule has 0 unspecified atom stereocenters. The van der Waals surface area contributed by atoms with E-state index in [1.54, 1.807) is 7.11 Å². The minimum atomic E-state index is -0.629. The van der Waals surface area contributed by atoms with Crippen molar-refractivity contribution in [3.05, 3.63) is 46.7 Å². The number of rotatable bonds is 8. The predicted molar refractivity (Wildman–Crippen MR) is 128 cm³/mol. The lowest BCUT2D eigenvalue weighted by Gasteiger charge is -2.15. The van der Waals surface area contributed by atoms with Crippen molar-refractivity contribution < 1.29 is 24.1 Å². The van der Waals surface area contributed by atoms with Crippen LogP contribution in [0.15, 0.2) is 30.3 Å². The third-order valence-corrected chi connectivity index (χ3v) is 6.89. The molecule has 4 aromatic rings. The molecule has 1 aromatic carbocycles. The lowest BCUT2D eigenvalue weighted by molar-refractivity contribution is 0.00706. The van der Waals surface area contributed by atoms with Crippen molar-refractivity contribution in [3.63, 3.8) is 0 Å². The first kappa shape index (κ1) is 22.7. The summed E-state index contributed by atoms with van der Waals surface area (Å²) in [5, 5.41) is 16.4. The van der Waals surface area contributed by atoms with Crippen molar-refractivity contribution in [2.45, 2.75) is 43.8 Å². The predicted octanol–water partition coefficient (Wildman–Crippen LogP) is 2.30. The molecule has 2 aliphatic heterocycles. The fourth-order valence-electron chi connectivity index (χ4n) is 4.82. The number of pyridine rings is 1. The molecule has 2 aliphatic rings. The van der Waals surface area contributed by atoms with E-state index in [4.69, 9.17) is 35.6 Å². The Morgan fingerprint density at radius 3 is 2.86 bits per heavy atom. The van der Waals surface area contributed by atoms with Crippen LogP contribution in [0.5, 0.6) is 6.01 Å². The van der Waals surface area contributed by atoms with Crippen molar-refractivity contribution >= 4 is 33.7 Å². The fourth-order valence-corrected chi connectivity index (χ4v) is 5.06. The lowest BCUT2D eigenvalue weighted by Crippen LogP contribution is -2.34. The van der Waals surface area contributed by atoms with Crippen LogP contribution in [0.25, 0.3) is 22.1 Å². The third kappa shape index (κ3) is 4.25. The topological polar surface area (TPSA) is 117 Å². The van der Waals surface area contributed by atoms with Gasteiger partial charge >= 0.3 is 0 Å². The summed E-state index contributed by atoms with van der Waals surface area (Å²) in [6.45, 7) is 1.86. The van der Waals surface area contributed by atoms with Crippen LogP contribution in [0.2, 0.25) is 5.02 Å². The maximum absolute atomic E-state index is 9.92. The van der Waals surface area contributed by atoms with Gasteiger partial charge in [-0.15, -0.1) is 0 Å². The number of ether oxygens (including phenoxy) is 4. The quantitative estimate of drug-likeness (QED) is 0.379. The number of aryl methyl sites for hydroxylation is 2. The summed E-state index contributed by atoms with van der Waals surface area (Å²) in [6.07, 6.45) is -0.352. The Hall–Kier alpha value is -2.76. The van der Waals surface area contributed by atoms with Gasteiger partial charge in [0.15, 0.2) is 11.8 Å². The van der Waals surface area contributed by atoms with Crippen LogP contribution >= 0.6 is 11.6 Å². The standard InChI is InChI=1S/C24H26ClN5O5/c1-32-9-8-30-18-5-3-2-4-13(18)15(29-30)6-7-16-14(25)10-17-23(26-16)28-24(27-17)35-20-12-34-21-19(31)11-33-22(20)21/h2-5,10,19-22,31H,6-9,11-12H2,1H3,(H,26,27,28)/t19-,20-,21-,22-/m1/s1. The number of para-hydroxylation sites is 1. The van der Waals surface area contributed by atoms with E-state index in [0.29, 0.717) is 54.8 Å². The highest BCUT2D eigenvalue weighted by molar-refractivity contribution is 6.31. The smallest absolute Gasteiger partial charge is 0.296 e. The number of nitrogens with zero attached hydrogens (tertiary/aromatic N) is 4. The summed E-state index contributed by atoms with van der Waals surface area (Å²) < 4.78 is 24.4. The largest absolute Gasteiger partial charge is 0.456 e. The zero-order valence-electron chi connectivity index (χ0n) is 19.2. The molecule has 3 aromatic heterocycles. The highest BCUT2D eigenvalue weighted by atomic mass is 35.5. The van der Waals surface area contributed by atoms with E-state index in [1.165, 1.54) is 0 Å². The summed E-state index contributed by atoms with van der Waals surface area (Å²) >= 11 is 6.57. The minimum absolute atomic E-state index is 0.246. The Bertz CT molecular complexity index is 1360. The monoisotopic (exact) mass is 499 g/mol. The number of H-pyrrole nitrogens is 1. The molecule has 0 bridgehead atoms. The molecule has 10 nitrogen and oxygen atoms in total. The Labute approximate surface area is 206 Å². The van der Waals surface area contributed by atoms with E-state index in [0.717, 1.165) is 22.3 Å². The first-order valence-corrected chi connectivity index (χ1v) is 12.0. The number of aromatic amines is 1. The molecule has 0 radical (unpaired) electrons. The number of halogens is 1. The highest BCUT2D eigenvalue weighted by Gasteiger charge is 2.48. The van der Waals surface area contributed by atoms with Crippen LogP contribution in [0.3, 0.4) is 0 Å². The molecule has 11 heteroatoms. The molecule has 0 spiro atoms. The number of hydrogen-bond donors (Lipinski definition) is 2. The first-order chi connectivity index (χ1) is 17.1. The van der Waals surface area contributed by atoms with Gasteiger partial charge in [-0.3, -0.25) is 4.68 Å². The maximum atomic E-state index is 9.92. The summed E-state index contributed by atoms with van der Waals surface area (Å²) in [7, 11) is 1.69. The Morgan fingerprint density at radius 1 is 1.14 bits per heavy atom.